The van der Waals surface area contributed by atoms with E-state index in [1.165, 1.54) is 32.1 Å². The van der Waals surface area contributed by atoms with Crippen molar-refractivity contribution in [2.24, 2.45) is 0 Å². The smallest absolute Gasteiger partial charge is 0.374 e. The van der Waals surface area contributed by atoms with E-state index in [2.05, 4.69) is 13.0 Å². The van der Waals surface area contributed by atoms with Crippen LogP contribution in [0.25, 0.3) is 0 Å². The van der Waals surface area contributed by atoms with E-state index < -0.39 is 8.80 Å². The molecule has 0 bridgehead atoms. The van der Waals surface area contributed by atoms with E-state index in [-0.39, 0.29) is 0 Å². The minimum absolute atomic E-state index is 1.08. The summed E-state index contributed by atoms with van der Waals surface area (Å²) in [6.07, 6.45) is 9.71. The summed E-state index contributed by atoms with van der Waals surface area (Å²) >= 11 is 0. The van der Waals surface area contributed by atoms with Crippen LogP contribution in [0.2, 0.25) is 0 Å². The molecule has 3 nitrogen and oxygen atoms in total. The minimum atomic E-state index is -2.47. The van der Waals surface area contributed by atoms with Crippen molar-refractivity contribution in [3.8, 4) is 0 Å². The van der Waals surface area contributed by atoms with Crippen molar-refractivity contribution in [2.45, 2.75) is 45.4 Å². The van der Waals surface area contributed by atoms with E-state index >= 15 is 0 Å². The van der Waals surface area contributed by atoms with E-state index in [0.717, 1.165) is 6.42 Å². The highest BCUT2D eigenvalue weighted by Crippen LogP contribution is 2.10. The van der Waals surface area contributed by atoms with Gasteiger partial charge in [-0.2, -0.15) is 0 Å². The van der Waals surface area contributed by atoms with Gasteiger partial charge in [0.25, 0.3) is 0 Å². The fourth-order valence-corrected chi connectivity index (χ4v) is 2.91. The van der Waals surface area contributed by atoms with Crippen LogP contribution in [0.3, 0.4) is 0 Å². The van der Waals surface area contributed by atoms with Gasteiger partial charge in [0.05, 0.1) is 0 Å². The predicted molar refractivity (Wildman–Crippen MR) is 69.3 cm³/mol. The summed E-state index contributed by atoms with van der Waals surface area (Å²) in [5, 5.41) is 0. The molecule has 0 saturated heterocycles. The first-order chi connectivity index (χ1) is 7.74. The monoisotopic (exact) mass is 246 g/mol. The lowest BCUT2D eigenvalue weighted by molar-refractivity contribution is 0.138. The van der Waals surface area contributed by atoms with E-state index in [4.69, 9.17) is 13.3 Å². The zero-order valence-corrected chi connectivity index (χ0v) is 12.1. The zero-order valence-electron chi connectivity index (χ0n) is 11.1. The lowest BCUT2D eigenvalue weighted by Gasteiger charge is -2.20. The summed E-state index contributed by atoms with van der Waals surface area (Å²) in [7, 11) is 2.42. The van der Waals surface area contributed by atoms with Gasteiger partial charge in [0.15, 0.2) is 0 Å². The maximum Gasteiger partial charge on any atom is 0.528 e. The highest BCUT2D eigenvalue weighted by Gasteiger charge is 2.33. The molecule has 0 spiro atoms. The number of hydrogen-bond donors (Lipinski definition) is 0. The molecule has 0 aromatic rings. The summed E-state index contributed by atoms with van der Waals surface area (Å²) in [4.78, 5) is 0. The van der Waals surface area contributed by atoms with Crippen LogP contribution in [-0.2, 0) is 13.3 Å². The van der Waals surface area contributed by atoms with E-state index in [0.29, 0.717) is 0 Å². The third-order valence-corrected chi connectivity index (χ3v) is 5.00. The standard InChI is InChI=1S/C12H26O3Si/c1-5-6-7-8-9-10-11-12-16(13-2,14-3)15-4/h11-12H,5-10H2,1-4H3/b12-11+. The Morgan fingerprint density at radius 3 is 1.94 bits per heavy atom. The fraction of sp³-hybridized carbons (Fsp3) is 0.833. The van der Waals surface area contributed by atoms with Gasteiger partial charge in [-0.3, -0.25) is 0 Å². The molecular weight excluding hydrogens is 220 g/mol. The summed E-state index contributed by atoms with van der Waals surface area (Å²) < 4.78 is 15.9. The molecule has 0 aliphatic carbocycles. The van der Waals surface area contributed by atoms with Crippen LogP contribution < -0.4 is 0 Å². The second-order valence-electron chi connectivity index (χ2n) is 3.82. The van der Waals surface area contributed by atoms with Gasteiger partial charge in [-0.1, -0.05) is 38.7 Å². The lowest BCUT2D eigenvalue weighted by atomic mass is 10.1. The molecule has 0 aromatic heterocycles. The first kappa shape index (κ1) is 15.8. The van der Waals surface area contributed by atoms with E-state index in [9.17, 15) is 0 Å². The van der Waals surface area contributed by atoms with Crippen LogP contribution in [-0.4, -0.2) is 30.1 Å². The first-order valence-corrected chi connectivity index (χ1v) is 7.88. The van der Waals surface area contributed by atoms with Crippen LogP contribution in [0.15, 0.2) is 11.8 Å². The van der Waals surface area contributed by atoms with Gasteiger partial charge in [0.1, 0.15) is 0 Å². The fourth-order valence-electron chi connectivity index (χ4n) is 1.55. The van der Waals surface area contributed by atoms with Crippen molar-refractivity contribution in [1.29, 1.82) is 0 Å². The van der Waals surface area contributed by atoms with E-state index in [1.54, 1.807) is 21.3 Å². The van der Waals surface area contributed by atoms with Crippen molar-refractivity contribution < 1.29 is 13.3 Å². The van der Waals surface area contributed by atoms with E-state index in [1.807, 2.05) is 5.70 Å². The average Bonchev–Trinajstić information content (AvgIpc) is 2.34. The minimum Gasteiger partial charge on any atom is -0.374 e. The predicted octanol–water partition coefficient (Wildman–Crippen LogP) is 3.32. The third kappa shape index (κ3) is 6.43. The Kier molecular flexibility index (Phi) is 9.92. The SMILES string of the molecule is CCCCCCC/C=C/[Si](OC)(OC)OC. The van der Waals surface area contributed by atoms with Crippen molar-refractivity contribution in [3.63, 3.8) is 0 Å². The first-order valence-electron chi connectivity index (χ1n) is 6.07. The van der Waals surface area contributed by atoms with Crippen LogP contribution in [0, 0.1) is 0 Å². The highest BCUT2D eigenvalue weighted by atomic mass is 28.4. The third-order valence-electron chi connectivity index (χ3n) is 2.65. The zero-order chi connectivity index (χ0) is 12.3. The molecule has 0 aliphatic heterocycles. The van der Waals surface area contributed by atoms with Gasteiger partial charge in [-0.15, -0.1) is 0 Å². The van der Waals surface area contributed by atoms with Gasteiger partial charge in [0.2, 0.25) is 0 Å². The molecule has 16 heavy (non-hydrogen) atoms. The second-order valence-corrected chi connectivity index (χ2v) is 6.59. The summed E-state index contributed by atoms with van der Waals surface area (Å²) in [6.45, 7) is 2.23. The molecule has 0 unspecified atom stereocenters. The molecule has 96 valence electrons. The van der Waals surface area contributed by atoms with Crippen molar-refractivity contribution >= 4 is 8.80 Å². The number of hydrogen-bond acceptors (Lipinski definition) is 3. The Balaban J connectivity index is 3.72. The highest BCUT2D eigenvalue weighted by molar-refractivity contribution is 6.66. The topological polar surface area (TPSA) is 27.7 Å². The van der Waals surface area contributed by atoms with Crippen LogP contribution >= 0.6 is 0 Å². The number of allylic oxidation sites excluding steroid dienone is 1. The molecular formula is C12H26O3Si. The quantitative estimate of drug-likeness (QED) is 0.437. The molecule has 0 saturated carbocycles. The van der Waals surface area contributed by atoms with Gasteiger partial charge in [0, 0.05) is 21.3 Å². The molecule has 4 heteroatoms. The van der Waals surface area contributed by atoms with Gasteiger partial charge < -0.3 is 13.3 Å². The second kappa shape index (κ2) is 10.0. The molecule has 0 atom stereocenters. The van der Waals surface area contributed by atoms with Gasteiger partial charge in [-0.05, 0) is 18.5 Å². The Labute approximate surface area is 101 Å². The molecule has 0 fully saturated rings. The van der Waals surface area contributed by atoms with Crippen molar-refractivity contribution in [2.75, 3.05) is 21.3 Å². The normalized spacial score (nSPS) is 12.5. The summed E-state index contributed by atoms with van der Waals surface area (Å²) in [6, 6.07) is 0. The molecule has 0 aromatic carbocycles. The maximum absolute atomic E-state index is 5.29. The molecule has 0 heterocycles. The summed E-state index contributed by atoms with van der Waals surface area (Å²) in [5.41, 5.74) is 1.97. The molecule has 0 N–H and O–H groups in total. The maximum atomic E-state index is 5.29. The average molecular weight is 246 g/mol. The van der Waals surface area contributed by atoms with Crippen LogP contribution in [0.5, 0.6) is 0 Å². The van der Waals surface area contributed by atoms with Crippen molar-refractivity contribution in [3.05, 3.63) is 11.8 Å². The van der Waals surface area contributed by atoms with Crippen molar-refractivity contribution in [1.82, 2.24) is 0 Å². The van der Waals surface area contributed by atoms with Crippen LogP contribution in [0.4, 0.5) is 0 Å². The number of unbranched alkanes of at least 4 members (excludes halogenated alkanes) is 5. The molecule has 0 rings (SSSR count). The van der Waals surface area contributed by atoms with Gasteiger partial charge >= 0.3 is 8.80 Å². The largest absolute Gasteiger partial charge is 0.528 e. The molecule has 0 amide bonds. The number of rotatable bonds is 10. The lowest BCUT2D eigenvalue weighted by Crippen LogP contribution is -2.40. The Bertz CT molecular complexity index is 171. The van der Waals surface area contributed by atoms with Gasteiger partial charge in [-0.25, -0.2) is 0 Å². The molecule has 0 aliphatic rings. The van der Waals surface area contributed by atoms with Crippen LogP contribution in [0.1, 0.15) is 45.4 Å². The molecule has 0 radical (unpaired) electrons. The summed E-state index contributed by atoms with van der Waals surface area (Å²) in [5.74, 6) is 0. The Hall–Kier alpha value is -0.163. The Morgan fingerprint density at radius 1 is 0.875 bits per heavy atom. The Morgan fingerprint density at radius 2 is 1.44 bits per heavy atom.